The summed E-state index contributed by atoms with van der Waals surface area (Å²) in [4.78, 5) is 77.0. The van der Waals surface area contributed by atoms with Gasteiger partial charge >= 0.3 is 0 Å². The third-order valence-corrected chi connectivity index (χ3v) is 13.3. The molecule has 1 atom stereocenters. The third-order valence-electron chi connectivity index (χ3n) is 13.3. The standard InChI is InChI=1S/C43H45N9O7/c1-58-33-18-31-34(19-30(33)47-38(54)28-22-45-51-15-3-14-44-37(28)51)59-40(48-31)25-8-6-24(7-9-25)23-50-16-12-43(13-17-50)20-26(21-43)46-29-5-2-4-27-36(29)42(57)52(41(27)56)32-10-11-35(53)49-39(32)55/h2-5,14-15,18-19,22,24-26,32,46H,6-13,16-17,20-21,23H2,1H3,(H,47,54)(H,49,53,55)/t24-,25-,32?. The number of carbonyl (C=O) groups excluding carboxylic acids is 5. The van der Waals surface area contributed by atoms with Gasteiger partial charge in [0.25, 0.3) is 17.7 Å². The number of hydrogen-bond donors (Lipinski definition) is 3. The van der Waals surface area contributed by atoms with E-state index in [1.54, 1.807) is 54.4 Å². The minimum atomic E-state index is -0.981. The zero-order chi connectivity index (χ0) is 40.4. The summed E-state index contributed by atoms with van der Waals surface area (Å²) >= 11 is 0. The van der Waals surface area contributed by atoms with Gasteiger partial charge < -0.3 is 24.7 Å². The van der Waals surface area contributed by atoms with Gasteiger partial charge in [-0.15, -0.1) is 0 Å². The Balaban J connectivity index is 0.704. The Morgan fingerprint density at radius 2 is 1.81 bits per heavy atom. The molecule has 3 N–H and O–H groups in total. The molecule has 2 aromatic carbocycles. The largest absolute Gasteiger partial charge is 0.494 e. The van der Waals surface area contributed by atoms with Crippen LogP contribution in [0.5, 0.6) is 5.75 Å². The van der Waals surface area contributed by atoms with E-state index in [4.69, 9.17) is 14.1 Å². The van der Waals surface area contributed by atoms with E-state index in [-0.39, 0.29) is 42.0 Å². The fourth-order valence-corrected chi connectivity index (χ4v) is 10.1. The topological polar surface area (TPSA) is 193 Å². The van der Waals surface area contributed by atoms with Gasteiger partial charge in [0, 0.05) is 55.1 Å². The Kier molecular flexibility index (Phi) is 9.18. The number of fused-ring (bicyclic) bond motifs is 3. The SMILES string of the molecule is COc1cc2nc([C@H]3CC[C@H](CN4CCC5(CC4)CC(Nc4cccc6c4C(=O)N(C4CCC(=O)NC4=O)C6=O)C5)CC3)oc2cc1NC(=O)c1cnn2cccnc12. The number of rotatable bonds is 9. The van der Waals surface area contributed by atoms with Gasteiger partial charge in [0.1, 0.15) is 22.9 Å². The molecule has 16 heteroatoms. The highest BCUT2D eigenvalue weighted by Crippen LogP contribution is 2.51. The molecule has 304 valence electrons. The molecular weight excluding hydrogens is 755 g/mol. The van der Waals surface area contributed by atoms with Crippen LogP contribution in [0.15, 0.2) is 59.4 Å². The van der Waals surface area contributed by atoms with Crippen LogP contribution in [0.2, 0.25) is 0 Å². The monoisotopic (exact) mass is 799 g/mol. The van der Waals surface area contributed by atoms with Crippen molar-refractivity contribution >= 4 is 57.7 Å². The second-order valence-corrected chi connectivity index (χ2v) is 16.9. The molecule has 5 aliphatic rings. The summed E-state index contributed by atoms with van der Waals surface area (Å²) in [5.41, 5.74) is 4.12. The summed E-state index contributed by atoms with van der Waals surface area (Å²) in [6, 6.07) is 9.79. The Morgan fingerprint density at radius 1 is 1.00 bits per heavy atom. The number of imide groups is 2. The molecular formula is C43H45N9O7. The number of anilines is 2. The Bertz CT molecular complexity index is 2520. The molecule has 2 saturated heterocycles. The quantitative estimate of drug-likeness (QED) is 0.166. The van der Waals surface area contributed by atoms with Crippen molar-refractivity contribution < 1.29 is 33.1 Å². The fourth-order valence-electron chi connectivity index (χ4n) is 10.1. The highest BCUT2D eigenvalue weighted by Gasteiger charge is 2.48. The minimum absolute atomic E-state index is 0.0909. The van der Waals surface area contributed by atoms with E-state index in [1.165, 1.54) is 6.20 Å². The number of benzene rings is 2. The van der Waals surface area contributed by atoms with Gasteiger partial charge in [-0.1, -0.05) is 6.07 Å². The first-order valence-electron chi connectivity index (χ1n) is 20.6. The van der Waals surface area contributed by atoms with E-state index in [0.29, 0.717) is 56.5 Å². The molecule has 59 heavy (non-hydrogen) atoms. The van der Waals surface area contributed by atoms with E-state index in [1.807, 2.05) is 6.07 Å². The van der Waals surface area contributed by atoms with E-state index >= 15 is 0 Å². The van der Waals surface area contributed by atoms with Crippen molar-refractivity contribution in [1.29, 1.82) is 0 Å². The van der Waals surface area contributed by atoms with Gasteiger partial charge in [-0.2, -0.15) is 5.10 Å². The number of carbonyl (C=O) groups is 5. The maximum Gasteiger partial charge on any atom is 0.264 e. The van der Waals surface area contributed by atoms with Gasteiger partial charge in [0.2, 0.25) is 11.8 Å². The highest BCUT2D eigenvalue weighted by atomic mass is 16.5. The molecule has 0 bridgehead atoms. The average Bonchev–Trinajstić information content (AvgIpc) is 3.92. The first-order chi connectivity index (χ1) is 28.6. The number of ether oxygens (including phenoxy) is 1. The molecule has 3 aromatic heterocycles. The van der Waals surface area contributed by atoms with Crippen molar-refractivity contribution in [3.8, 4) is 5.75 Å². The Labute approximate surface area is 339 Å². The summed E-state index contributed by atoms with van der Waals surface area (Å²) in [7, 11) is 1.56. The first-order valence-corrected chi connectivity index (χ1v) is 20.6. The zero-order valence-electron chi connectivity index (χ0n) is 32.7. The second-order valence-electron chi connectivity index (χ2n) is 16.9. The fraction of sp³-hybridized carbons (Fsp3) is 0.442. The van der Waals surface area contributed by atoms with Gasteiger partial charge in [0.15, 0.2) is 17.1 Å². The molecule has 1 spiro atoms. The number of likely N-dealkylation sites (tertiary alicyclic amines) is 1. The zero-order valence-corrected chi connectivity index (χ0v) is 32.7. The molecule has 5 amide bonds. The van der Waals surface area contributed by atoms with Crippen molar-refractivity contribution in [2.45, 2.75) is 82.2 Å². The average molecular weight is 800 g/mol. The first kappa shape index (κ1) is 37.1. The van der Waals surface area contributed by atoms with Crippen LogP contribution in [0.1, 0.15) is 107 Å². The van der Waals surface area contributed by atoms with Crippen molar-refractivity contribution in [3.63, 3.8) is 0 Å². The Morgan fingerprint density at radius 3 is 2.59 bits per heavy atom. The van der Waals surface area contributed by atoms with Gasteiger partial charge in [0.05, 0.1) is 30.1 Å². The van der Waals surface area contributed by atoms with Crippen LogP contribution < -0.4 is 20.7 Å². The lowest BCUT2D eigenvalue weighted by atomic mass is 9.60. The molecule has 2 saturated carbocycles. The van der Waals surface area contributed by atoms with E-state index < -0.39 is 23.8 Å². The van der Waals surface area contributed by atoms with Crippen LogP contribution in [0, 0.1) is 11.3 Å². The van der Waals surface area contributed by atoms with Gasteiger partial charge in [-0.05, 0) is 100 Å². The third kappa shape index (κ3) is 6.68. The molecule has 16 nitrogen and oxygen atoms in total. The minimum Gasteiger partial charge on any atom is -0.494 e. The number of amides is 5. The summed E-state index contributed by atoms with van der Waals surface area (Å²) in [5.74, 6) is -0.239. The number of methoxy groups -OCH3 is 1. The molecule has 10 rings (SSSR count). The van der Waals surface area contributed by atoms with Crippen LogP contribution in [0.3, 0.4) is 0 Å². The number of nitrogens with zero attached hydrogens (tertiary/aromatic N) is 6. The number of oxazole rings is 1. The van der Waals surface area contributed by atoms with E-state index in [2.05, 4.69) is 30.9 Å². The van der Waals surface area contributed by atoms with Crippen LogP contribution in [-0.2, 0) is 9.59 Å². The number of piperidine rings is 2. The number of hydrogen-bond acceptors (Lipinski definition) is 12. The lowest BCUT2D eigenvalue weighted by molar-refractivity contribution is -0.136. The molecule has 4 fully saturated rings. The highest BCUT2D eigenvalue weighted by molar-refractivity contribution is 6.25. The summed E-state index contributed by atoms with van der Waals surface area (Å²) in [6.45, 7) is 3.23. The van der Waals surface area contributed by atoms with Gasteiger partial charge in [-0.25, -0.2) is 14.5 Å². The molecule has 3 aliphatic heterocycles. The van der Waals surface area contributed by atoms with Crippen molar-refractivity contribution in [2.75, 3.05) is 37.4 Å². The number of nitrogens with one attached hydrogen (secondary N) is 3. The van der Waals surface area contributed by atoms with Crippen molar-refractivity contribution in [1.82, 2.24) is 34.7 Å². The summed E-state index contributed by atoms with van der Waals surface area (Å²) < 4.78 is 13.5. The molecule has 1 unspecified atom stereocenters. The smallest absolute Gasteiger partial charge is 0.264 e. The van der Waals surface area contributed by atoms with Gasteiger partial charge in [-0.3, -0.25) is 34.2 Å². The summed E-state index contributed by atoms with van der Waals surface area (Å²) in [5, 5.41) is 13.0. The van der Waals surface area contributed by atoms with E-state index in [0.717, 1.165) is 81.8 Å². The maximum atomic E-state index is 13.6. The lowest BCUT2D eigenvalue weighted by Gasteiger charge is -2.53. The van der Waals surface area contributed by atoms with Crippen LogP contribution >= 0.6 is 0 Å². The van der Waals surface area contributed by atoms with Crippen molar-refractivity contribution in [3.05, 3.63) is 77.6 Å². The van der Waals surface area contributed by atoms with Crippen molar-refractivity contribution in [2.24, 2.45) is 11.3 Å². The van der Waals surface area contributed by atoms with Crippen LogP contribution in [0.25, 0.3) is 16.7 Å². The molecule has 6 heterocycles. The van der Waals surface area contributed by atoms with Crippen LogP contribution in [0.4, 0.5) is 11.4 Å². The summed E-state index contributed by atoms with van der Waals surface area (Å²) in [6.07, 6.45) is 13.6. The normalized spacial score (nSPS) is 23.4. The van der Waals surface area contributed by atoms with Crippen LogP contribution in [-0.4, -0.2) is 97.7 Å². The predicted octanol–water partition coefficient (Wildman–Crippen LogP) is 5.16. The lowest BCUT2D eigenvalue weighted by Crippen LogP contribution is -2.54. The number of aromatic nitrogens is 4. The second kappa shape index (κ2) is 14.6. The molecule has 2 aliphatic carbocycles. The maximum absolute atomic E-state index is 13.6. The molecule has 5 aromatic rings. The predicted molar refractivity (Wildman–Crippen MR) is 214 cm³/mol. The Hall–Kier alpha value is -6.16. The molecule has 0 radical (unpaired) electrons. The van der Waals surface area contributed by atoms with E-state index in [9.17, 15) is 24.0 Å².